The number of amides is 1. The fourth-order valence-electron chi connectivity index (χ4n) is 4.03. The number of carbonyl (C=O) groups is 1. The largest absolute Gasteiger partial charge is 0.489 e. The molecule has 1 heterocycles. The lowest BCUT2D eigenvalue weighted by Gasteiger charge is -2.26. The van der Waals surface area contributed by atoms with Crippen LogP contribution in [0.3, 0.4) is 0 Å². The summed E-state index contributed by atoms with van der Waals surface area (Å²) >= 11 is 6.33. The molecule has 180 valence electrons. The van der Waals surface area contributed by atoms with E-state index in [1.54, 1.807) is 18.2 Å². The Balaban J connectivity index is 2.05. The van der Waals surface area contributed by atoms with Crippen LogP contribution in [0.1, 0.15) is 52.9 Å². The fraction of sp³-hybridized carbons (Fsp3) is 0.565. The smallest absolute Gasteiger partial charge is 0.334 e. The Bertz CT molecular complexity index is 1170. The third-order valence-corrected chi connectivity index (χ3v) is 6.15. The minimum absolute atomic E-state index is 0.0324. The van der Waals surface area contributed by atoms with Crippen LogP contribution in [0.5, 0.6) is 5.75 Å². The molecule has 0 bridgehead atoms. The van der Waals surface area contributed by atoms with Gasteiger partial charge in [0, 0.05) is 19.5 Å². The topological polar surface area (TPSA) is 124 Å². The van der Waals surface area contributed by atoms with Gasteiger partial charge >= 0.3 is 11.4 Å². The van der Waals surface area contributed by atoms with Crippen molar-refractivity contribution in [3.63, 3.8) is 0 Å². The van der Waals surface area contributed by atoms with Gasteiger partial charge in [0.2, 0.25) is 11.5 Å². The maximum absolute atomic E-state index is 13.2. The first-order valence-electron chi connectivity index (χ1n) is 11.4. The highest BCUT2D eigenvalue weighted by atomic mass is 35.5. The number of halogens is 1. The second-order valence-electron chi connectivity index (χ2n) is 9.03. The molecule has 0 unspecified atom stereocenters. The van der Waals surface area contributed by atoms with E-state index in [1.165, 1.54) is 4.57 Å². The molecular formula is C23H32ClN5O4. The van der Waals surface area contributed by atoms with E-state index in [4.69, 9.17) is 22.1 Å². The van der Waals surface area contributed by atoms with Gasteiger partial charge in [0.1, 0.15) is 5.75 Å². The van der Waals surface area contributed by atoms with Gasteiger partial charge in [0.15, 0.2) is 0 Å². The first-order valence-corrected chi connectivity index (χ1v) is 11.7. The number of hydrogen-bond donors (Lipinski definition) is 2. The van der Waals surface area contributed by atoms with Crippen LogP contribution < -0.4 is 27.5 Å². The Kier molecular flexibility index (Phi) is 8.18. The van der Waals surface area contributed by atoms with Crippen LogP contribution in [0.15, 0.2) is 32.8 Å². The average molecular weight is 478 g/mol. The zero-order valence-corrected chi connectivity index (χ0v) is 20.1. The molecule has 3 rings (SSSR count). The molecule has 0 saturated heterocycles. The van der Waals surface area contributed by atoms with Crippen LogP contribution in [0.2, 0.25) is 5.02 Å². The first-order chi connectivity index (χ1) is 15.6. The van der Waals surface area contributed by atoms with Crippen molar-refractivity contribution in [3.8, 4) is 5.75 Å². The summed E-state index contributed by atoms with van der Waals surface area (Å²) < 4.78 is 8.14. The Labute approximate surface area is 197 Å². The van der Waals surface area contributed by atoms with Gasteiger partial charge in [-0.3, -0.25) is 14.3 Å². The highest BCUT2D eigenvalue weighted by Gasteiger charge is 2.21. The highest BCUT2D eigenvalue weighted by molar-refractivity contribution is 6.32. The first kappa shape index (κ1) is 24.8. The molecule has 3 N–H and O–H groups in total. The summed E-state index contributed by atoms with van der Waals surface area (Å²) in [5.41, 5.74) is 4.69. The van der Waals surface area contributed by atoms with Crippen molar-refractivity contribution in [1.82, 2.24) is 14.1 Å². The second-order valence-corrected chi connectivity index (χ2v) is 9.44. The quantitative estimate of drug-likeness (QED) is 0.606. The number of nitrogens with two attached hydrogens (primary N) is 1. The lowest BCUT2D eigenvalue weighted by atomic mass is 9.83. The van der Waals surface area contributed by atoms with Crippen molar-refractivity contribution < 1.29 is 9.53 Å². The highest BCUT2D eigenvalue weighted by Crippen LogP contribution is 2.30. The molecule has 2 aromatic rings. The van der Waals surface area contributed by atoms with Gasteiger partial charge in [0.05, 0.1) is 16.8 Å². The van der Waals surface area contributed by atoms with Crippen molar-refractivity contribution >= 4 is 23.2 Å². The number of rotatable bonds is 8. The van der Waals surface area contributed by atoms with Crippen molar-refractivity contribution in [2.75, 3.05) is 0 Å². The zero-order valence-electron chi connectivity index (χ0n) is 19.3. The number of H-pyrrole nitrogens is 1. The van der Waals surface area contributed by atoms with Gasteiger partial charge in [-0.1, -0.05) is 31.4 Å². The van der Waals surface area contributed by atoms with Crippen LogP contribution in [-0.2, 0) is 17.9 Å². The molecule has 0 spiro atoms. The molecule has 0 radical (unpaired) electrons. The molecular weight excluding hydrogens is 446 g/mol. The molecule has 10 heteroatoms. The van der Waals surface area contributed by atoms with E-state index in [9.17, 15) is 14.4 Å². The van der Waals surface area contributed by atoms with E-state index >= 15 is 0 Å². The van der Waals surface area contributed by atoms with Crippen LogP contribution >= 0.6 is 11.6 Å². The number of aromatic nitrogens is 3. The maximum atomic E-state index is 13.2. The molecule has 1 aromatic carbocycles. The number of carbonyl (C=O) groups excluding carboxylic acids is 1. The van der Waals surface area contributed by atoms with Gasteiger partial charge in [-0.25, -0.2) is 19.1 Å². The Morgan fingerprint density at radius 2 is 1.94 bits per heavy atom. The predicted octanol–water partition coefficient (Wildman–Crippen LogP) is 2.71. The zero-order chi connectivity index (χ0) is 24.1. The predicted molar refractivity (Wildman–Crippen MR) is 127 cm³/mol. The molecule has 1 amide bonds. The molecule has 0 atom stereocenters. The Morgan fingerprint density at radius 3 is 2.55 bits per heavy atom. The number of ether oxygens (including phenoxy) is 1. The van der Waals surface area contributed by atoms with E-state index < -0.39 is 17.3 Å². The molecule has 1 fully saturated rings. The molecule has 9 nitrogen and oxygen atoms in total. The fourth-order valence-corrected chi connectivity index (χ4v) is 4.25. The molecule has 1 saturated carbocycles. The molecule has 1 aromatic heterocycles. The number of nitrogens with zero attached hydrogens (tertiary/aromatic N) is 3. The van der Waals surface area contributed by atoms with Crippen molar-refractivity contribution in [3.05, 3.63) is 49.8 Å². The summed E-state index contributed by atoms with van der Waals surface area (Å²) in [5, 5.41) is 0.384. The minimum Gasteiger partial charge on any atom is -0.489 e. The van der Waals surface area contributed by atoms with Crippen LogP contribution in [0.4, 0.5) is 5.69 Å². The summed E-state index contributed by atoms with van der Waals surface area (Å²) in [6, 6.07) is 5.05. The van der Waals surface area contributed by atoms with Crippen LogP contribution in [-0.4, -0.2) is 26.1 Å². The van der Waals surface area contributed by atoms with Crippen molar-refractivity contribution in [2.45, 2.75) is 72.1 Å². The monoisotopic (exact) mass is 477 g/mol. The summed E-state index contributed by atoms with van der Waals surface area (Å²) in [4.78, 5) is 44.3. The lowest BCUT2D eigenvalue weighted by molar-refractivity contribution is -0.118. The minimum atomic E-state index is -0.639. The third-order valence-electron chi connectivity index (χ3n) is 5.85. The van der Waals surface area contributed by atoms with E-state index in [-0.39, 0.29) is 24.7 Å². The van der Waals surface area contributed by atoms with E-state index in [0.717, 1.165) is 30.3 Å². The summed E-state index contributed by atoms with van der Waals surface area (Å²) in [6.45, 7) is 6.39. The van der Waals surface area contributed by atoms with Crippen LogP contribution in [0.25, 0.3) is 0 Å². The van der Waals surface area contributed by atoms with E-state index in [0.29, 0.717) is 34.8 Å². The van der Waals surface area contributed by atoms with Gasteiger partial charge in [-0.05, 0) is 56.7 Å². The maximum Gasteiger partial charge on any atom is 0.334 e. The van der Waals surface area contributed by atoms with Gasteiger partial charge in [-0.2, -0.15) is 0 Å². The Morgan fingerprint density at radius 1 is 1.24 bits per heavy atom. The van der Waals surface area contributed by atoms with Gasteiger partial charge in [0.25, 0.3) is 0 Å². The van der Waals surface area contributed by atoms with Crippen LogP contribution in [0, 0.1) is 11.8 Å². The Hall–Kier alpha value is -2.81. The average Bonchev–Trinajstić information content (AvgIpc) is 2.73. The third kappa shape index (κ3) is 6.60. The van der Waals surface area contributed by atoms with Gasteiger partial charge < -0.3 is 10.5 Å². The summed E-state index contributed by atoms with van der Waals surface area (Å²) in [7, 11) is 0. The molecule has 33 heavy (non-hydrogen) atoms. The number of hydrogen-bond acceptors (Lipinski definition) is 5. The molecule has 1 aliphatic carbocycles. The van der Waals surface area contributed by atoms with Gasteiger partial charge in [-0.15, -0.1) is 0 Å². The van der Waals surface area contributed by atoms with Crippen molar-refractivity contribution in [1.29, 1.82) is 0 Å². The summed E-state index contributed by atoms with van der Waals surface area (Å²) in [5.74, 6) is 0.923. The number of nitrogens with one attached hydrogen (secondary N) is 1. The second kappa shape index (κ2) is 10.9. The van der Waals surface area contributed by atoms with E-state index in [1.807, 2.05) is 13.8 Å². The number of benzene rings is 1. The molecule has 0 aliphatic heterocycles. The molecule has 1 aliphatic rings. The normalized spacial score (nSPS) is 19.1. The number of aromatic amines is 1. The van der Waals surface area contributed by atoms with E-state index in [2.05, 4.69) is 16.9 Å². The SMILES string of the molecule is CC1CCC(Cn2c(=O)n(CCC(N)=O)c(=O)[nH]/c2=N\c2ccc(OC(C)C)c(Cl)c2)CC1. The lowest BCUT2D eigenvalue weighted by Crippen LogP contribution is -2.51. The standard InChI is InChI=1S/C23H32ClN5O4/c1-14(2)33-19-9-8-17(12-18(19)24)26-21-27-22(31)28(11-10-20(25)30)23(32)29(21)13-16-6-4-15(3)5-7-16/h8-9,12,14-16H,4-7,10-11,13H2,1-3H3,(H2,25,30)(H,26,27,31). The summed E-state index contributed by atoms with van der Waals surface area (Å²) in [6.07, 6.45) is 4.07. The number of primary amides is 1. The van der Waals surface area contributed by atoms with Crippen molar-refractivity contribution in [2.24, 2.45) is 22.6 Å².